The van der Waals surface area contributed by atoms with Crippen LogP contribution in [0.4, 0.5) is 0 Å². The lowest BCUT2D eigenvalue weighted by atomic mass is 10.2. The maximum atomic E-state index is 5.52. The molecule has 0 aromatic heterocycles. The maximum Gasteiger partial charge on any atom is 0.0489 e. The number of nitrogens with one attached hydrogen (secondary N) is 1. The van der Waals surface area contributed by atoms with Crippen LogP contribution in [0.2, 0.25) is 0 Å². The van der Waals surface area contributed by atoms with Crippen LogP contribution in [-0.2, 0) is 4.74 Å². The van der Waals surface area contributed by atoms with Gasteiger partial charge in [0, 0.05) is 26.3 Å². The van der Waals surface area contributed by atoms with Crippen LogP contribution in [0, 0.1) is 5.92 Å². The van der Waals surface area contributed by atoms with Crippen LogP contribution in [0.3, 0.4) is 0 Å². The quantitative estimate of drug-likeness (QED) is 0.608. The van der Waals surface area contributed by atoms with Crippen molar-refractivity contribution in [3.8, 4) is 0 Å². The lowest BCUT2D eigenvalue weighted by Crippen LogP contribution is -2.30. The highest BCUT2D eigenvalue weighted by Gasteiger charge is 2.09. The molecule has 3 heteroatoms. The van der Waals surface area contributed by atoms with Crippen LogP contribution in [0.15, 0.2) is 0 Å². The molecule has 0 saturated carbocycles. The van der Waals surface area contributed by atoms with Gasteiger partial charge < -0.3 is 15.0 Å². The molecule has 1 saturated heterocycles. The fourth-order valence-electron chi connectivity index (χ4n) is 1.99. The zero-order valence-corrected chi connectivity index (χ0v) is 11.0. The minimum absolute atomic E-state index is 0.656. The van der Waals surface area contributed by atoms with Crippen molar-refractivity contribution in [1.82, 2.24) is 10.2 Å². The van der Waals surface area contributed by atoms with E-state index in [1.54, 1.807) is 0 Å². The van der Waals surface area contributed by atoms with Crippen molar-refractivity contribution in [1.29, 1.82) is 0 Å². The Balaban J connectivity index is 1.74. The van der Waals surface area contributed by atoms with E-state index in [0.29, 0.717) is 5.92 Å². The summed E-state index contributed by atoms with van der Waals surface area (Å²) in [7, 11) is 0. The maximum absolute atomic E-state index is 5.52. The molecule has 96 valence electrons. The normalized spacial score (nSPS) is 17.4. The molecular weight excluding hydrogens is 200 g/mol. The Labute approximate surface area is 101 Å². The molecule has 0 atom stereocenters. The highest BCUT2D eigenvalue weighted by atomic mass is 16.5. The lowest BCUT2D eigenvalue weighted by Gasteiger charge is -2.14. The van der Waals surface area contributed by atoms with E-state index in [1.165, 1.54) is 32.5 Å². The average Bonchev–Trinajstić information content (AvgIpc) is 2.74. The number of rotatable bonds is 9. The van der Waals surface area contributed by atoms with Crippen molar-refractivity contribution in [3.05, 3.63) is 0 Å². The van der Waals surface area contributed by atoms with E-state index >= 15 is 0 Å². The van der Waals surface area contributed by atoms with Gasteiger partial charge in [-0.15, -0.1) is 0 Å². The van der Waals surface area contributed by atoms with E-state index in [-0.39, 0.29) is 0 Å². The minimum atomic E-state index is 0.656. The van der Waals surface area contributed by atoms with Gasteiger partial charge in [0.25, 0.3) is 0 Å². The fraction of sp³-hybridized carbons (Fsp3) is 1.00. The van der Waals surface area contributed by atoms with Crippen molar-refractivity contribution >= 4 is 0 Å². The summed E-state index contributed by atoms with van der Waals surface area (Å²) < 4.78 is 5.52. The average molecular weight is 228 g/mol. The van der Waals surface area contributed by atoms with E-state index in [1.807, 2.05) is 0 Å². The largest absolute Gasteiger partial charge is 0.381 e. The standard InChI is InChI=1S/C13H28N2O/c1-13(2)12-16-11-5-6-14-7-10-15-8-3-4-9-15/h13-14H,3-12H2,1-2H3. The van der Waals surface area contributed by atoms with Crippen LogP contribution in [-0.4, -0.2) is 50.8 Å². The Morgan fingerprint density at radius 2 is 1.94 bits per heavy atom. The molecule has 16 heavy (non-hydrogen) atoms. The van der Waals surface area contributed by atoms with Gasteiger partial charge >= 0.3 is 0 Å². The summed E-state index contributed by atoms with van der Waals surface area (Å²) in [6, 6.07) is 0. The number of hydrogen-bond donors (Lipinski definition) is 1. The van der Waals surface area contributed by atoms with Crippen molar-refractivity contribution in [2.75, 3.05) is 45.9 Å². The summed E-state index contributed by atoms with van der Waals surface area (Å²) in [5, 5.41) is 3.48. The molecule has 0 aliphatic carbocycles. The van der Waals surface area contributed by atoms with Gasteiger partial charge in [-0.2, -0.15) is 0 Å². The second-order valence-corrected chi connectivity index (χ2v) is 5.12. The first-order valence-electron chi connectivity index (χ1n) is 6.80. The summed E-state index contributed by atoms with van der Waals surface area (Å²) in [4.78, 5) is 2.54. The van der Waals surface area contributed by atoms with Gasteiger partial charge in [0.15, 0.2) is 0 Å². The molecule has 1 aliphatic heterocycles. The third-order valence-corrected chi connectivity index (χ3v) is 2.90. The number of ether oxygens (including phenoxy) is 1. The van der Waals surface area contributed by atoms with Crippen molar-refractivity contribution in [2.24, 2.45) is 5.92 Å². The third kappa shape index (κ3) is 7.20. The van der Waals surface area contributed by atoms with Gasteiger partial charge in [-0.05, 0) is 44.8 Å². The first-order chi connectivity index (χ1) is 7.79. The Kier molecular flexibility index (Phi) is 7.81. The second kappa shape index (κ2) is 8.97. The van der Waals surface area contributed by atoms with Crippen molar-refractivity contribution in [3.63, 3.8) is 0 Å². The van der Waals surface area contributed by atoms with Crippen LogP contribution >= 0.6 is 0 Å². The molecule has 0 bridgehead atoms. The molecule has 0 aromatic rings. The zero-order chi connectivity index (χ0) is 11.6. The molecule has 1 heterocycles. The Morgan fingerprint density at radius 3 is 2.62 bits per heavy atom. The minimum Gasteiger partial charge on any atom is -0.381 e. The predicted molar refractivity (Wildman–Crippen MR) is 68.8 cm³/mol. The SMILES string of the molecule is CC(C)COCCCNCCN1CCCC1. The van der Waals surface area contributed by atoms with Crippen LogP contribution in [0.1, 0.15) is 33.1 Å². The molecule has 1 rings (SSSR count). The van der Waals surface area contributed by atoms with Gasteiger partial charge in [0.2, 0.25) is 0 Å². The molecule has 3 nitrogen and oxygen atoms in total. The summed E-state index contributed by atoms with van der Waals surface area (Å²) in [5.74, 6) is 0.656. The summed E-state index contributed by atoms with van der Waals surface area (Å²) >= 11 is 0. The molecule has 0 spiro atoms. The van der Waals surface area contributed by atoms with Gasteiger partial charge in [0.1, 0.15) is 0 Å². The van der Waals surface area contributed by atoms with Crippen LogP contribution in [0.5, 0.6) is 0 Å². The molecule has 0 aromatic carbocycles. The molecule has 1 aliphatic rings. The fourth-order valence-corrected chi connectivity index (χ4v) is 1.99. The van der Waals surface area contributed by atoms with Gasteiger partial charge in [0.05, 0.1) is 0 Å². The van der Waals surface area contributed by atoms with Gasteiger partial charge in [-0.3, -0.25) is 0 Å². The molecule has 0 amide bonds. The zero-order valence-electron chi connectivity index (χ0n) is 11.0. The first kappa shape index (κ1) is 13.9. The number of nitrogens with zero attached hydrogens (tertiary/aromatic N) is 1. The van der Waals surface area contributed by atoms with E-state index in [0.717, 1.165) is 32.7 Å². The third-order valence-electron chi connectivity index (χ3n) is 2.90. The van der Waals surface area contributed by atoms with Crippen LogP contribution in [0.25, 0.3) is 0 Å². The van der Waals surface area contributed by atoms with Gasteiger partial charge in [-0.25, -0.2) is 0 Å². The first-order valence-corrected chi connectivity index (χ1v) is 6.80. The van der Waals surface area contributed by atoms with E-state index in [2.05, 4.69) is 24.1 Å². The van der Waals surface area contributed by atoms with Crippen molar-refractivity contribution in [2.45, 2.75) is 33.1 Å². The molecule has 1 N–H and O–H groups in total. The Bertz CT molecular complexity index is 156. The van der Waals surface area contributed by atoms with E-state index < -0.39 is 0 Å². The smallest absolute Gasteiger partial charge is 0.0489 e. The Hall–Kier alpha value is -0.120. The van der Waals surface area contributed by atoms with Crippen LogP contribution < -0.4 is 5.32 Å². The molecule has 0 radical (unpaired) electrons. The highest BCUT2D eigenvalue weighted by molar-refractivity contribution is 4.66. The molecule has 1 fully saturated rings. The van der Waals surface area contributed by atoms with E-state index in [9.17, 15) is 0 Å². The predicted octanol–water partition coefficient (Wildman–Crippen LogP) is 1.73. The van der Waals surface area contributed by atoms with E-state index in [4.69, 9.17) is 4.74 Å². The second-order valence-electron chi connectivity index (χ2n) is 5.12. The molecular formula is C13H28N2O. The highest BCUT2D eigenvalue weighted by Crippen LogP contribution is 2.05. The Morgan fingerprint density at radius 1 is 1.19 bits per heavy atom. The lowest BCUT2D eigenvalue weighted by molar-refractivity contribution is 0.108. The number of likely N-dealkylation sites (tertiary alicyclic amines) is 1. The van der Waals surface area contributed by atoms with Crippen molar-refractivity contribution < 1.29 is 4.74 Å². The summed E-state index contributed by atoms with van der Waals surface area (Å²) in [6.07, 6.45) is 3.92. The number of hydrogen-bond acceptors (Lipinski definition) is 3. The molecule has 0 unspecified atom stereocenters. The topological polar surface area (TPSA) is 24.5 Å². The summed E-state index contributed by atoms with van der Waals surface area (Å²) in [5.41, 5.74) is 0. The monoisotopic (exact) mass is 228 g/mol. The summed E-state index contributed by atoms with van der Waals surface area (Å²) in [6.45, 7) is 12.2. The van der Waals surface area contributed by atoms with Gasteiger partial charge in [-0.1, -0.05) is 13.8 Å².